The molecule has 0 aliphatic carbocycles. The molecule has 2 rings (SSSR count). The molecule has 0 aromatic heterocycles. The number of rotatable bonds is 6. The fourth-order valence-corrected chi connectivity index (χ4v) is 2.72. The van der Waals surface area contributed by atoms with Gasteiger partial charge >= 0.3 is 5.97 Å². The van der Waals surface area contributed by atoms with Crippen molar-refractivity contribution in [2.75, 3.05) is 20.8 Å². The van der Waals surface area contributed by atoms with Crippen molar-refractivity contribution in [3.63, 3.8) is 0 Å². The van der Waals surface area contributed by atoms with Crippen LogP contribution < -0.4 is 9.47 Å². The van der Waals surface area contributed by atoms with Crippen LogP contribution in [-0.4, -0.2) is 47.7 Å². The SMILES string of the molecule is COc1cc(CN2CCCC2C(=O)O)c([N+](=O)[O-])cc1OC. The van der Waals surface area contributed by atoms with Crippen molar-refractivity contribution >= 4 is 11.7 Å². The molecule has 8 nitrogen and oxygen atoms in total. The Morgan fingerprint density at radius 2 is 2.05 bits per heavy atom. The van der Waals surface area contributed by atoms with Crippen molar-refractivity contribution in [3.05, 3.63) is 27.8 Å². The Bertz CT molecular complexity index is 589. The van der Waals surface area contributed by atoms with Crippen molar-refractivity contribution in [3.8, 4) is 11.5 Å². The summed E-state index contributed by atoms with van der Waals surface area (Å²) in [5.41, 5.74) is 0.310. The van der Waals surface area contributed by atoms with E-state index in [1.165, 1.54) is 26.4 Å². The molecule has 0 amide bonds. The van der Waals surface area contributed by atoms with E-state index in [1.54, 1.807) is 4.90 Å². The summed E-state index contributed by atoms with van der Waals surface area (Å²) in [7, 11) is 2.85. The number of ether oxygens (including phenoxy) is 2. The Balaban J connectivity index is 2.36. The highest BCUT2D eigenvalue weighted by molar-refractivity contribution is 5.73. The van der Waals surface area contributed by atoms with Crippen molar-refractivity contribution in [2.45, 2.75) is 25.4 Å². The quantitative estimate of drug-likeness (QED) is 0.629. The van der Waals surface area contributed by atoms with E-state index in [4.69, 9.17) is 9.47 Å². The Morgan fingerprint density at radius 1 is 1.41 bits per heavy atom. The van der Waals surface area contributed by atoms with Crippen LogP contribution in [0.5, 0.6) is 11.5 Å². The molecule has 1 aliphatic heterocycles. The van der Waals surface area contributed by atoms with Crippen LogP contribution in [0.25, 0.3) is 0 Å². The molecule has 1 heterocycles. The summed E-state index contributed by atoms with van der Waals surface area (Å²) in [4.78, 5) is 23.7. The second-order valence-electron chi connectivity index (χ2n) is 5.06. The summed E-state index contributed by atoms with van der Waals surface area (Å²) < 4.78 is 10.2. The molecule has 0 spiro atoms. The van der Waals surface area contributed by atoms with Crippen LogP contribution in [0, 0.1) is 10.1 Å². The van der Waals surface area contributed by atoms with E-state index in [-0.39, 0.29) is 18.0 Å². The molecule has 1 aliphatic rings. The van der Waals surface area contributed by atoms with Gasteiger partial charge in [0.1, 0.15) is 6.04 Å². The van der Waals surface area contributed by atoms with Crippen LogP contribution >= 0.6 is 0 Å². The van der Waals surface area contributed by atoms with E-state index in [0.717, 1.165) is 6.42 Å². The van der Waals surface area contributed by atoms with Gasteiger partial charge in [0.15, 0.2) is 11.5 Å². The first-order chi connectivity index (χ1) is 10.5. The largest absolute Gasteiger partial charge is 0.493 e. The molecular formula is C14H18N2O6. The molecule has 1 atom stereocenters. The zero-order valence-electron chi connectivity index (χ0n) is 12.4. The first-order valence-electron chi connectivity index (χ1n) is 6.84. The van der Waals surface area contributed by atoms with Gasteiger partial charge in [0.2, 0.25) is 0 Å². The predicted octanol–water partition coefficient (Wildman–Crippen LogP) is 1.66. The van der Waals surface area contributed by atoms with Gasteiger partial charge in [-0.3, -0.25) is 19.8 Å². The summed E-state index contributed by atoms with van der Waals surface area (Å²) in [6, 6.07) is 2.24. The van der Waals surface area contributed by atoms with E-state index in [0.29, 0.717) is 24.3 Å². The predicted molar refractivity (Wildman–Crippen MR) is 77.3 cm³/mol. The molecule has 1 N–H and O–H groups in total. The molecule has 1 unspecified atom stereocenters. The van der Waals surface area contributed by atoms with E-state index in [1.807, 2.05) is 0 Å². The summed E-state index contributed by atoms with van der Waals surface area (Å²) in [6.07, 6.45) is 1.31. The summed E-state index contributed by atoms with van der Waals surface area (Å²) >= 11 is 0. The number of nitro benzene ring substituents is 1. The summed E-state index contributed by atoms with van der Waals surface area (Å²) in [6.45, 7) is 0.788. The van der Waals surface area contributed by atoms with Crippen molar-refractivity contribution < 1.29 is 24.3 Å². The van der Waals surface area contributed by atoms with Gasteiger partial charge in [-0.05, 0) is 25.5 Å². The molecule has 0 saturated carbocycles. The lowest BCUT2D eigenvalue weighted by Crippen LogP contribution is -2.35. The standard InChI is InChI=1S/C14H18N2O6/c1-21-12-6-9(11(16(19)20)7-13(12)22-2)8-15-5-3-4-10(15)14(17)18/h6-7,10H,3-5,8H2,1-2H3,(H,17,18). The number of carboxylic acid groups (broad SMARTS) is 1. The molecular weight excluding hydrogens is 292 g/mol. The van der Waals surface area contributed by atoms with Crippen LogP contribution in [0.4, 0.5) is 5.69 Å². The number of benzene rings is 1. The van der Waals surface area contributed by atoms with Gasteiger partial charge in [-0.1, -0.05) is 0 Å². The monoisotopic (exact) mass is 310 g/mol. The van der Waals surface area contributed by atoms with E-state index in [2.05, 4.69) is 0 Å². The van der Waals surface area contributed by atoms with Crippen molar-refractivity contribution in [2.24, 2.45) is 0 Å². The van der Waals surface area contributed by atoms with Crippen LogP contribution in [0.15, 0.2) is 12.1 Å². The number of likely N-dealkylation sites (tertiary alicyclic amines) is 1. The maximum Gasteiger partial charge on any atom is 0.320 e. The lowest BCUT2D eigenvalue weighted by Gasteiger charge is -2.21. The number of methoxy groups -OCH3 is 2. The first kappa shape index (κ1) is 16.0. The minimum absolute atomic E-state index is 0.103. The van der Waals surface area contributed by atoms with Crippen LogP contribution in [-0.2, 0) is 11.3 Å². The van der Waals surface area contributed by atoms with Gasteiger partial charge in [0, 0.05) is 12.1 Å². The average Bonchev–Trinajstić information content (AvgIpc) is 2.94. The molecule has 22 heavy (non-hydrogen) atoms. The topological polar surface area (TPSA) is 102 Å². The Morgan fingerprint density at radius 3 is 2.59 bits per heavy atom. The zero-order chi connectivity index (χ0) is 16.3. The van der Waals surface area contributed by atoms with Gasteiger partial charge in [-0.15, -0.1) is 0 Å². The second kappa shape index (κ2) is 6.61. The van der Waals surface area contributed by atoms with E-state index < -0.39 is 16.9 Å². The lowest BCUT2D eigenvalue weighted by molar-refractivity contribution is -0.385. The molecule has 1 fully saturated rings. The first-order valence-corrected chi connectivity index (χ1v) is 6.84. The third kappa shape index (κ3) is 3.11. The lowest BCUT2D eigenvalue weighted by atomic mass is 10.1. The smallest absolute Gasteiger partial charge is 0.320 e. The molecule has 1 aromatic carbocycles. The Hall–Kier alpha value is -2.35. The minimum atomic E-state index is -0.902. The summed E-state index contributed by atoms with van der Waals surface area (Å²) in [5.74, 6) is -0.246. The highest BCUT2D eigenvalue weighted by Crippen LogP contribution is 2.36. The van der Waals surface area contributed by atoms with Gasteiger partial charge in [0.25, 0.3) is 5.69 Å². The number of hydrogen-bond acceptors (Lipinski definition) is 6. The van der Waals surface area contributed by atoms with E-state index in [9.17, 15) is 20.0 Å². The Labute approximate surface area is 127 Å². The number of aliphatic carboxylic acids is 1. The molecule has 0 radical (unpaired) electrons. The number of hydrogen-bond donors (Lipinski definition) is 1. The molecule has 0 bridgehead atoms. The maximum absolute atomic E-state index is 11.3. The number of carboxylic acids is 1. The fraction of sp³-hybridized carbons (Fsp3) is 0.500. The third-order valence-corrected chi connectivity index (χ3v) is 3.80. The molecule has 1 saturated heterocycles. The zero-order valence-corrected chi connectivity index (χ0v) is 12.4. The van der Waals surface area contributed by atoms with Gasteiger partial charge in [0.05, 0.1) is 25.2 Å². The van der Waals surface area contributed by atoms with Crippen molar-refractivity contribution in [1.82, 2.24) is 4.90 Å². The van der Waals surface area contributed by atoms with Crippen LogP contribution in [0.2, 0.25) is 0 Å². The van der Waals surface area contributed by atoms with Crippen LogP contribution in [0.1, 0.15) is 18.4 Å². The minimum Gasteiger partial charge on any atom is -0.493 e. The van der Waals surface area contributed by atoms with Gasteiger partial charge < -0.3 is 14.6 Å². The number of nitro groups is 1. The highest BCUT2D eigenvalue weighted by Gasteiger charge is 2.32. The van der Waals surface area contributed by atoms with E-state index >= 15 is 0 Å². The number of nitrogens with zero attached hydrogens (tertiary/aromatic N) is 2. The van der Waals surface area contributed by atoms with Gasteiger partial charge in [-0.25, -0.2) is 0 Å². The normalized spacial score (nSPS) is 18.2. The maximum atomic E-state index is 11.3. The number of carbonyl (C=O) groups is 1. The Kier molecular flexibility index (Phi) is 4.81. The highest BCUT2D eigenvalue weighted by atomic mass is 16.6. The second-order valence-corrected chi connectivity index (χ2v) is 5.06. The van der Waals surface area contributed by atoms with Crippen molar-refractivity contribution in [1.29, 1.82) is 0 Å². The molecule has 120 valence electrons. The average molecular weight is 310 g/mol. The third-order valence-electron chi connectivity index (χ3n) is 3.80. The molecule has 1 aromatic rings. The molecule has 8 heteroatoms. The van der Waals surface area contributed by atoms with Crippen LogP contribution in [0.3, 0.4) is 0 Å². The summed E-state index contributed by atoms with van der Waals surface area (Å²) in [5, 5.41) is 20.5. The van der Waals surface area contributed by atoms with Gasteiger partial charge in [-0.2, -0.15) is 0 Å². The fourth-order valence-electron chi connectivity index (χ4n) is 2.72.